The van der Waals surface area contributed by atoms with Gasteiger partial charge in [0.05, 0.1) is 18.6 Å². The Morgan fingerprint density at radius 1 is 1.23 bits per heavy atom. The molecular weight excluding hydrogens is 280 g/mol. The Hall–Kier alpha value is -1.39. The summed E-state index contributed by atoms with van der Waals surface area (Å²) in [4.78, 5) is 12.8. The molecular formula is C18H26O4. The van der Waals surface area contributed by atoms with E-state index in [-0.39, 0.29) is 11.9 Å². The molecule has 1 aliphatic rings. The molecule has 0 bridgehead atoms. The van der Waals surface area contributed by atoms with Crippen molar-refractivity contribution >= 4 is 5.78 Å². The van der Waals surface area contributed by atoms with E-state index in [1.165, 1.54) is 0 Å². The molecule has 4 nitrogen and oxygen atoms in total. The van der Waals surface area contributed by atoms with Crippen LogP contribution in [0.15, 0.2) is 18.2 Å². The summed E-state index contributed by atoms with van der Waals surface area (Å²) in [6, 6.07) is 5.95. The van der Waals surface area contributed by atoms with Crippen molar-refractivity contribution in [1.29, 1.82) is 0 Å². The van der Waals surface area contributed by atoms with Crippen LogP contribution in [0.2, 0.25) is 0 Å². The van der Waals surface area contributed by atoms with Crippen LogP contribution in [0.4, 0.5) is 0 Å². The van der Waals surface area contributed by atoms with Gasteiger partial charge in [0.1, 0.15) is 11.5 Å². The van der Waals surface area contributed by atoms with Gasteiger partial charge in [-0.3, -0.25) is 4.79 Å². The van der Waals surface area contributed by atoms with Crippen molar-refractivity contribution < 1.29 is 19.0 Å². The van der Waals surface area contributed by atoms with Gasteiger partial charge in [-0.1, -0.05) is 12.1 Å². The molecule has 0 aliphatic heterocycles. The summed E-state index contributed by atoms with van der Waals surface area (Å²) >= 11 is 0. The van der Waals surface area contributed by atoms with E-state index in [1.54, 1.807) is 21.3 Å². The molecule has 0 spiro atoms. The van der Waals surface area contributed by atoms with Crippen molar-refractivity contribution in [2.45, 2.75) is 44.1 Å². The monoisotopic (exact) mass is 306 g/mol. The lowest BCUT2D eigenvalue weighted by molar-refractivity contribution is -0.130. The molecule has 122 valence electrons. The molecule has 0 N–H and O–H groups in total. The first-order valence-corrected chi connectivity index (χ1v) is 7.81. The molecule has 4 heteroatoms. The fourth-order valence-corrected chi connectivity index (χ4v) is 3.56. The Bertz CT molecular complexity index is 526. The molecule has 0 saturated carbocycles. The van der Waals surface area contributed by atoms with Crippen molar-refractivity contribution in [3.63, 3.8) is 0 Å². The molecule has 0 radical (unpaired) electrons. The van der Waals surface area contributed by atoms with Crippen LogP contribution < -0.4 is 4.74 Å². The van der Waals surface area contributed by atoms with Crippen LogP contribution in [0.25, 0.3) is 0 Å². The van der Waals surface area contributed by atoms with Crippen LogP contribution in [0.1, 0.15) is 37.3 Å². The largest absolute Gasteiger partial charge is 0.496 e. The van der Waals surface area contributed by atoms with Gasteiger partial charge in [0.2, 0.25) is 0 Å². The van der Waals surface area contributed by atoms with E-state index in [9.17, 15) is 4.79 Å². The minimum Gasteiger partial charge on any atom is -0.496 e. The number of hydrogen-bond acceptors (Lipinski definition) is 4. The van der Waals surface area contributed by atoms with Gasteiger partial charge >= 0.3 is 0 Å². The lowest BCUT2D eigenvalue weighted by atomic mass is 9.66. The Morgan fingerprint density at radius 3 is 2.64 bits per heavy atom. The highest BCUT2D eigenvalue weighted by atomic mass is 16.5. The number of benzene rings is 1. The molecule has 0 heterocycles. The molecule has 0 amide bonds. The van der Waals surface area contributed by atoms with E-state index in [0.717, 1.165) is 36.1 Å². The lowest BCUT2D eigenvalue weighted by Crippen LogP contribution is -2.48. The van der Waals surface area contributed by atoms with Crippen molar-refractivity contribution in [1.82, 2.24) is 0 Å². The van der Waals surface area contributed by atoms with Crippen molar-refractivity contribution in [3.8, 4) is 5.75 Å². The van der Waals surface area contributed by atoms with Gasteiger partial charge in [0.15, 0.2) is 0 Å². The molecule has 0 saturated heterocycles. The maximum absolute atomic E-state index is 12.8. The van der Waals surface area contributed by atoms with Gasteiger partial charge in [-0.2, -0.15) is 0 Å². The fourth-order valence-electron chi connectivity index (χ4n) is 3.56. The quantitative estimate of drug-likeness (QED) is 0.727. The van der Waals surface area contributed by atoms with Gasteiger partial charge in [0.25, 0.3) is 0 Å². The molecule has 2 rings (SSSR count). The summed E-state index contributed by atoms with van der Waals surface area (Å²) in [6.45, 7) is 2.68. The van der Waals surface area contributed by atoms with E-state index in [2.05, 4.69) is 0 Å². The van der Waals surface area contributed by atoms with Crippen molar-refractivity contribution in [2.75, 3.05) is 27.9 Å². The van der Waals surface area contributed by atoms with Crippen molar-refractivity contribution in [2.24, 2.45) is 0 Å². The first-order valence-electron chi connectivity index (χ1n) is 7.81. The molecule has 2 atom stereocenters. The Balaban J connectivity index is 2.41. The lowest BCUT2D eigenvalue weighted by Gasteiger charge is -2.40. The standard InChI is InChI=1S/C18H26O4/c1-18(17(22-4)9-6-12-20-2)14-7-5-8-15(21-3)13(14)10-11-16(18)19/h5,7-8,17H,6,9-12H2,1-4H3/t17-,18+/m0/s1. The zero-order valence-corrected chi connectivity index (χ0v) is 14.0. The minimum absolute atomic E-state index is 0.152. The Morgan fingerprint density at radius 2 is 2.00 bits per heavy atom. The normalized spacial score (nSPS) is 22.3. The highest BCUT2D eigenvalue weighted by molar-refractivity contribution is 5.93. The molecule has 0 aromatic heterocycles. The number of hydrogen-bond donors (Lipinski definition) is 0. The number of carbonyl (C=O) groups excluding carboxylic acids is 1. The zero-order valence-electron chi connectivity index (χ0n) is 14.0. The van der Waals surface area contributed by atoms with E-state index in [1.807, 2.05) is 25.1 Å². The summed E-state index contributed by atoms with van der Waals surface area (Å²) in [6.07, 6.45) is 2.79. The number of fused-ring (bicyclic) bond motifs is 1. The molecule has 1 aromatic carbocycles. The topological polar surface area (TPSA) is 44.8 Å². The third-order valence-electron chi connectivity index (χ3n) is 4.84. The molecule has 22 heavy (non-hydrogen) atoms. The summed E-state index contributed by atoms with van der Waals surface area (Å²) in [7, 11) is 5.05. The SMILES string of the molecule is COCCC[C@H](OC)[C@@]1(C)C(=O)CCc2c(OC)cccc21. The smallest absolute Gasteiger partial charge is 0.146 e. The van der Waals surface area contributed by atoms with Gasteiger partial charge in [-0.25, -0.2) is 0 Å². The molecule has 0 fully saturated rings. The number of ketones is 1. The van der Waals surface area contributed by atoms with E-state index in [4.69, 9.17) is 14.2 Å². The highest BCUT2D eigenvalue weighted by Crippen LogP contribution is 2.42. The molecule has 0 unspecified atom stereocenters. The Labute approximate surface area is 132 Å². The molecule has 1 aliphatic carbocycles. The highest BCUT2D eigenvalue weighted by Gasteiger charge is 2.46. The van der Waals surface area contributed by atoms with Gasteiger partial charge in [0, 0.05) is 27.2 Å². The summed E-state index contributed by atoms with van der Waals surface area (Å²) in [5.41, 5.74) is 1.57. The number of carbonyl (C=O) groups is 1. The summed E-state index contributed by atoms with van der Waals surface area (Å²) in [5.74, 6) is 1.11. The summed E-state index contributed by atoms with van der Waals surface area (Å²) in [5, 5.41) is 0. The van der Waals surface area contributed by atoms with Crippen LogP contribution in [-0.4, -0.2) is 39.8 Å². The first kappa shape index (κ1) is 17.0. The number of methoxy groups -OCH3 is 3. The maximum atomic E-state index is 12.8. The predicted octanol–water partition coefficient (Wildman–Crippen LogP) is 2.91. The van der Waals surface area contributed by atoms with Gasteiger partial charge < -0.3 is 14.2 Å². The van der Waals surface area contributed by atoms with Crippen LogP contribution in [0.5, 0.6) is 5.75 Å². The maximum Gasteiger partial charge on any atom is 0.146 e. The summed E-state index contributed by atoms with van der Waals surface area (Å²) < 4.78 is 16.3. The van der Waals surface area contributed by atoms with Crippen LogP contribution in [0, 0.1) is 0 Å². The number of rotatable bonds is 7. The predicted molar refractivity (Wildman–Crippen MR) is 85.6 cm³/mol. The average molecular weight is 306 g/mol. The van der Waals surface area contributed by atoms with Crippen LogP contribution in [0.3, 0.4) is 0 Å². The minimum atomic E-state index is -0.620. The van der Waals surface area contributed by atoms with E-state index < -0.39 is 5.41 Å². The second-order valence-corrected chi connectivity index (χ2v) is 5.97. The van der Waals surface area contributed by atoms with Gasteiger partial charge in [-0.05, 0) is 43.4 Å². The second kappa shape index (κ2) is 7.25. The fraction of sp³-hybridized carbons (Fsp3) is 0.611. The van der Waals surface area contributed by atoms with Gasteiger partial charge in [-0.15, -0.1) is 0 Å². The first-order chi connectivity index (χ1) is 10.6. The van der Waals surface area contributed by atoms with E-state index in [0.29, 0.717) is 13.0 Å². The number of ether oxygens (including phenoxy) is 3. The Kier molecular flexibility index (Phi) is 5.59. The number of Topliss-reactive ketones (excluding diaryl/α,β-unsaturated/α-hetero) is 1. The van der Waals surface area contributed by atoms with E-state index >= 15 is 0 Å². The average Bonchev–Trinajstić information content (AvgIpc) is 2.54. The third kappa shape index (κ3) is 2.90. The van der Waals surface area contributed by atoms with Crippen LogP contribution >= 0.6 is 0 Å². The third-order valence-corrected chi connectivity index (χ3v) is 4.84. The zero-order chi connectivity index (χ0) is 16.2. The molecule has 1 aromatic rings. The van der Waals surface area contributed by atoms with Crippen molar-refractivity contribution in [3.05, 3.63) is 29.3 Å². The van der Waals surface area contributed by atoms with Crippen LogP contribution in [-0.2, 0) is 26.1 Å². The second-order valence-electron chi connectivity index (χ2n) is 5.97.